The molecule has 0 spiro atoms. The Labute approximate surface area is 160 Å². The molecule has 2 aromatic rings. The van der Waals surface area contributed by atoms with E-state index in [1.165, 1.54) is 11.4 Å². The zero-order chi connectivity index (χ0) is 19.9. The van der Waals surface area contributed by atoms with Gasteiger partial charge in [0.2, 0.25) is 10.0 Å². The number of benzene rings is 2. The monoisotopic (exact) mass is 392 g/mol. The maximum Gasteiger partial charge on any atom is 0.257 e. The number of amides is 1. The predicted molar refractivity (Wildman–Crippen MR) is 105 cm³/mol. The van der Waals surface area contributed by atoms with Crippen LogP contribution in [0.4, 0.5) is 5.69 Å². The molecule has 0 unspecified atom stereocenters. The number of anilines is 1. The van der Waals surface area contributed by atoms with E-state index in [2.05, 4.69) is 5.32 Å². The van der Waals surface area contributed by atoms with Gasteiger partial charge in [-0.05, 0) is 48.4 Å². The smallest absolute Gasteiger partial charge is 0.257 e. The molecule has 7 nitrogen and oxygen atoms in total. The normalized spacial score (nSPS) is 10.9. The molecule has 0 atom stereocenters. The number of carbonyl (C=O) groups excluding carboxylic acids is 1. The Morgan fingerprint density at radius 1 is 1.04 bits per heavy atom. The van der Waals surface area contributed by atoms with Crippen molar-refractivity contribution < 1.29 is 22.7 Å². The van der Waals surface area contributed by atoms with Crippen molar-refractivity contribution in [1.82, 2.24) is 5.32 Å². The lowest BCUT2D eigenvalue weighted by Crippen LogP contribution is -2.30. The van der Waals surface area contributed by atoms with Gasteiger partial charge in [0.05, 0.1) is 19.1 Å². The van der Waals surface area contributed by atoms with Gasteiger partial charge >= 0.3 is 0 Å². The molecule has 0 saturated carbocycles. The summed E-state index contributed by atoms with van der Waals surface area (Å²) in [5.41, 5.74) is 1.62. The number of nitrogens with one attached hydrogen (secondary N) is 1. The van der Waals surface area contributed by atoms with Crippen LogP contribution in [0.1, 0.15) is 5.56 Å². The van der Waals surface area contributed by atoms with Gasteiger partial charge < -0.3 is 14.8 Å². The molecular weight excluding hydrogens is 368 g/mol. The van der Waals surface area contributed by atoms with Crippen LogP contribution in [0.2, 0.25) is 0 Å². The number of rotatable bonds is 9. The van der Waals surface area contributed by atoms with Crippen molar-refractivity contribution in [1.29, 1.82) is 0 Å². The number of ether oxygens (including phenoxy) is 2. The summed E-state index contributed by atoms with van der Waals surface area (Å²) in [5, 5.41) is 2.80. The SMILES string of the molecule is COc1ccc(CCNC(=O)COc2ccc(N(C)S(C)(=O)=O)cc2)cc1. The molecule has 0 saturated heterocycles. The van der Waals surface area contributed by atoms with Gasteiger partial charge in [-0.2, -0.15) is 0 Å². The predicted octanol–water partition coefficient (Wildman–Crippen LogP) is 1.83. The molecule has 0 radical (unpaired) electrons. The van der Waals surface area contributed by atoms with Crippen molar-refractivity contribution in [2.75, 3.05) is 37.9 Å². The first-order valence-corrected chi connectivity index (χ1v) is 10.2. The van der Waals surface area contributed by atoms with Crippen molar-refractivity contribution in [3.8, 4) is 11.5 Å². The maximum atomic E-state index is 11.9. The Balaban J connectivity index is 1.74. The molecule has 146 valence electrons. The highest BCUT2D eigenvalue weighted by molar-refractivity contribution is 7.92. The molecular formula is C19H24N2O5S. The lowest BCUT2D eigenvalue weighted by molar-refractivity contribution is -0.123. The van der Waals surface area contributed by atoms with E-state index in [0.29, 0.717) is 24.4 Å². The number of nitrogens with zero attached hydrogens (tertiary/aromatic N) is 1. The topological polar surface area (TPSA) is 84.9 Å². The molecule has 2 rings (SSSR count). The zero-order valence-electron chi connectivity index (χ0n) is 15.6. The summed E-state index contributed by atoms with van der Waals surface area (Å²) in [5.74, 6) is 1.07. The van der Waals surface area contributed by atoms with Gasteiger partial charge in [0.15, 0.2) is 6.61 Å². The van der Waals surface area contributed by atoms with E-state index in [-0.39, 0.29) is 12.5 Å². The molecule has 0 heterocycles. The van der Waals surface area contributed by atoms with Gasteiger partial charge in [-0.15, -0.1) is 0 Å². The lowest BCUT2D eigenvalue weighted by Gasteiger charge is -2.16. The van der Waals surface area contributed by atoms with Gasteiger partial charge in [-0.25, -0.2) is 8.42 Å². The van der Waals surface area contributed by atoms with Crippen LogP contribution in [-0.2, 0) is 21.2 Å². The van der Waals surface area contributed by atoms with Gasteiger partial charge in [0.1, 0.15) is 11.5 Å². The second-order valence-electron chi connectivity index (χ2n) is 5.96. The van der Waals surface area contributed by atoms with Crippen molar-refractivity contribution in [3.05, 3.63) is 54.1 Å². The van der Waals surface area contributed by atoms with E-state index in [1.54, 1.807) is 31.4 Å². The average molecular weight is 392 g/mol. The third-order valence-electron chi connectivity index (χ3n) is 3.96. The van der Waals surface area contributed by atoms with Crippen LogP contribution < -0.4 is 19.1 Å². The summed E-state index contributed by atoms with van der Waals surface area (Å²) >= 11 is 0. The van der Waals surface area contributed by atoms with Crippen molar-refractivity contribution >= 4 is 21.6 Å². The number of hydrogen-bond donors (Lipinski definition) is 1. The maximum absolute atomic E-state index is 11.9. The molecule has 8 heteroatoms. The molecule has 2 aromatic carbocycles. The Bertz CT molecular complexity index is 849. The van der Waals surface area contributed by atoms with E-state index < -0.39 is 10.0 Å². The molecule has 1 N–H and O–H groups in total. The lowest BCUT2D eigenvalue weighted by atomic mass is 10.1. The zero-order valence-corrected chi connectivity index (χ0v) is 16.5. The molecule has 1 amide bonds. The quantitative estimate of drug-likeness (QED) is 0.704. The minimum absolute atomic E-state index is 0.107. The third kappa shape index (κ3) is 6.49. The Morgan fingerprint density at radius 3 is 2.19 bits per heavy atom. The van der Waals surface area contributed by atoms with Crippen molar-refractivity contribution in [2.45, 2.75) is 6.42 Å². The van der Waals surface area contributed by atoms with Crippen LogP contribution in [0, 0.1) is 0 Å². The van der Waals surface area contributed by atoms with E-state index in [0.717, 1.165) is 17.6 Å². The summed E-state index contributed by atoms with van der Waals surface area (Å²) in [4.78, 5) is 11.9. The van der Waals surface area contributed by atoms with Crippen LogP contribution in [-0.4, -0.2) is 47.9 Å². The molecule has 0 aliphatic carbocycles. The van der Waals surface area contributed by atoms with Crippen LogP contribution in [0.5, 0.6) is 11.5 Å². The molecule has 0 bridgehead atoms. The molecule has 0 fully saturated rings. The number of carbonyl (C=O) groups is 1. The second-order valence-corrected chi connectivity index (χ2v) is 7.97. The largest absolute Gasteiger partial charge is 0.497 e. The van der Waals surface area contributed by atoms with Gasteiger partial charge in [-0.1, -0.05) is 12.1 Å². The summed E-state index contributed by atoms with van der Waals surface area (Å²) < 4.78 is 34.7. The Kier molecular flexibility index (Phi) is 7.06. The Hall–Kier alpha value is -2.74. The fourth-order valence-electron chi connectivity index (χ4n) is 2.28. The van der Waals surface area contributed by atoms with E-state index >= 15 is 0 Å². The highest BCUT2D eigenvalue weighted by Gasteiger charge is 2.11. The Morgan fingerprint density at radius 2 is 1.63 bits per heavy atom. The number of sulfonamides is 1. The summed E-state index contributed by atoms with van der Waals surface area (Å²) in [6, 6.07) is 14.2. The molecule has 27 heavy (non-hydrogen) atoms. The minimum atomic E-state index is -3.31. The van der Waals surface area contributed by atoms with Crippen LogP contribution in [0.3, 0.4) is 0 Å². The fourth-order valence-corrected chi connectivity index (χ4v) is 2.79. The highest BCUT2D eigenvalue weighted by atomic mass is 32.2. The first-order chi connectivity index (χ1) is 12.8. The first kappa shape index (κ1) is 20.6. The summed E-state index contributed by atoms with van der Waals surface area (Å²) in [6.07, 6.45) is 1.84. The highest BCUT2D eigenvalue weighted by Crippen LogP contribution is 2.20. The first-order valence-electron chi connectivity index (χ1n) is 8.36. The number of hydrogen-bond acceptors (Lipinski definition) is 5. The van der Waals surface area contributed by atoms with E-state index in [1.807, 2.05) is 24.3 Å². The van der Waals surface area contributed by atoms with Crippen LogP contribution in [0.25, 0.3) is 0 Å². The van der Waals surface area contributed by atoms with Gasteiger partial charge in [-0.3, -0.25) is 9.10 Å². The van der Waals surface area contributed by atoms with E-state index in [9.17, 15) is 13.2 Å². The van der Waals surface area contributed by atoms with Crippen LogP contribution >= 0.6 is 0 Å². The van der Waals surface area contributed by atoms with Gasteiger partial charge in [0, 0.05) is 13.6 Å². The summed E-state index contributed by atoms with van der Waals surface area (Å²) in [6.45, 7) is 0.399. The average Bonchev–Trinajstić information content (AvgIpc) is 2.66. The van der Waals surface area contributed by atoms with Crippen molar-refractivity contribution in [2.24, 2.45) is 0 Å². The standard InChI is InChI=1S/C19H24N2O5S/c1-21(27(3,23)24)16-6-10-18(11-7-16)26-14-19(22)20-13-12-15-4-8-17(25-2)9-5-15/h4-11H,12-14H2,1-3H3,(H,20,22). The second kappa shape index (κ2) is 9.27. The molecule has 0 aliphatic rings. The van der Waals surface area contributed by atoms with Crippen LogP contribution in [0.15, 0.2) is 48.5 Å². The van der Waals surface area contributed by atoms with Gasteiger partial charge in [0.25, 0.3) is 5.91 Å². The van der Waals surface area contributed by atoms with Crippen molar-refractivity contribution in [3.63, 3.8) is 0 Å². The fraction of sp³-hybridized carbons (Fsp3) is 0.316. The number of methoxy groups -OCH3 is 1. The third-order valence-corrected chi connectivity index (χ3v) is 5.17. The summed E-state index contributed by atoms with van der Waals surface area (Å²) in [7, 11) is -0.219. The minimum Gasteiger partial charge on any atom is -0.497 e. The molecule has 0 aliphatic heterocycles. The van der Waals surface area contributed by atoms with E-state index in [4.69, 9.17) is 9.47 Å². The molecule has 0 aromatic heterocycles.